The summed E-state index contributed by atoms with van der Waals surface area (Å²) in [7, 11) is 1.62. The van der Waals surface area contributed by atoms with E-state index in [4.69, 9.17) is 10.5 Å². The van der Waals surface area contributed by atoms with Crippen molar-refractivity contribution in [1.82, 2.24) is 4.90 Å². The summed E-state index contributed by atoms with van der Waals surface area (Å²) in [5, 5.41) is 2.91. The predicted molar refractivity (Wildman–Crippen MR) is 91.7 cm³/mol. The molecule has 1 amide bonds. The zero-order valence-electron chi connectivity index (χ0n) is 13.5. The van der Waals surface area contributed by atoms with Crippen LogP contribution in [0.3, 0.4) is 0 Å². The minimum atomic E-state index is 0. The van der Waals surface area contributed by atoms with Gasteiger partial charge in [-0.2, -0.15) is 0 Å². The fourth-order valence-electron chi connectivity index (χ4n) is 2.70. The molecule has 22 heavy (non-hydrogen) atoms. The van der Waals surface area contributed by atoms with E-state index in [-0.39, 0.29) is 29.8 Å². The third-order valence-corrected chi connectivity index (χ3v) is 4.13. The molecule has 0 aromatic heterocycles. The Bertz CT molecular complexity index is 491. The molecule has 1 saturated heterocycles. The lowest BCUT2D eigenvalue weighted by Gasteiger charge is -2.42. The van der Waals surface area contributed by atoms with E-state index in [9.17, 15) is 4.79 Å². The van der Waals surface area contributed by atoms with Crippen LogP contribution in [0.2, 0.25) is 0 Å². The Morgan fingerprint density at radius 3 is 2.59 bits per heavy atom. The standard InChI is InChI=1S/C16H25N3O2.ClH/c1-16(2)11-19(9-8-14(16)17)10-15(20)18-12-4-6-13(21-3)7-5-12;/h4-7,14H,8-11,17H2,1-3H3,(H,18,20);1H. The van der Waals surface area contributed by atoms with Crippen molar-refractivity contribution < 1.29 is 9.53 Å². The average Bonchev–Trinajstić information content (AvgIpc) is 2.43. The second-order valence-electron chi connectivity index (χ2n) is 6.37. The number of benzene rings is 1. The highest BCUT2D eigenvalue weighted by Gasteiger charge is 2.33. The van der Waals surface area contributed by atoms with Crippen LogP contribution in [0.25, 0.3) is 0 Å². The Morgan fingerprint density at radius 2 is 2.05 bits per heavy atom. The van der Waals surface area contributed by atoms with Crippen LogP contribution in [0, 0.1) is 5.41 Å². The Morgan fingerprint density at radius 1 is 1.41 bits per heavy atom. The molecule has 1 aromatic carbocycles. The molecule has 124 valence electrons. The van der Waals surface area contributed by atoms with Gasteiger partial charge in [0, 0.05) is 24.8 Å². The van der Waals surface area contributed by atoms with Gasteiger partial charge in [-0.05, 0) is 36.1 Å². The van der Waals surface area contributed by atoms with Crippen molar-refractivity contribution in [3.8, 4) is 5.75 Å². The van der Waals surface area contributed by atoms with Crippen molar-refractivity contribution in [3.63, 3.8) is 0 Å². The van der Waals surface area contributed by atoms with Gasteiger partial charge in [-0.15, -0.1) is 12.4 Å². The summed E-state index contributed by atoms with van der Waals surface area (Å²) in [6, 6.07) is 7.55. The second-order valence-corrected chi connectivity index (χ2v) is 6.37. The van der Waals surface area contributed by atoms with Crippen molar-refractivity contribution in [1.29, 1.82) is 0 Å². The van der Waals surface area contributed by atoms with Crippen molar-refractivity contribution in [2.75, 3.05) is 32.1 Å². The maximum Gasteiger partial charge on any atom is 0.238 e. The minimum absolute atomic E-state index is 0. The molecule has 1 aliphatic rings. The van der Waals surface area contributed by atoms with Crippen LogP contribution in [-0.2, 0) is 4.79 Å². The number of nitrogens with zero attached hydrogens (tertiary/aromatic N) is 1. The lowest BCUT2D eigenvalue weighted by molar-refractivity contribution is -0.118. The molecular weight excluding hydrogens is 302 g/mol. The van der Waals surface area contributed by atoms with Crippen LogP contribution >= 0.6 is 12.4 Å². The predicted octanol–water partition coefficient (Wildman–Crippen LogP) is 2.11. The second kappa shape index (κ2) is 7.81. The highest BCUT2D eigenvalue weighted by Crippen LogP contribution is 2.27. The number of hydrogen-bond donors (Lipinski definition) is 2. The first-order chi connectivity index (χ1) is 9.90. The highest BCUT2D eigenvalue weighted by atomic mass is 35.5. The van der Waals surface area contributed by atoms with Crippen LogP contribution < -0.4 is 15.8 Å². The third kappa shape index (κ3) is 4.87. The fourth-order valence-corrected chi connectivity index (χ4v) is 2.70. The molecule has 1 atom stereocenters. The van der Waals surface area contributed by atoms with Gasteiger partial charge in [0.2, 0.25) is 5.91 Å². The van der Waals surface area contributed by atoms with Gasteiger partial charge in [0.15, 0.2) is 0 Å². The van der Waals surface area contributed by atoms with Gasteiger partial charge in [-0.3, -0.25) is 9.69 Å². The number of likely N-dealkylation sites (tertiary alicyclic amines) is 1. The smallest absolute Gasteiger partial charge is 0.238 e. The summed E-state index contributed by atoms with van der Waals surface area (Å²) in [6.07, 6.45) is 0.933. The maximum absolute atomic E-state index is 12.1. The van der Waals surface area contributed by atoms with Crippen LogP contribution in [0.4, 0.5) is 5.69 Å². The normalized spacial score (nSPS) is 20.8. The van der Waals surface area contributed by atoms with E-state index < -0.39 is 0 Å². The highest BCUT2D eigenvalue weighted by molar-refractivity contribution is 5.92. The maximum atomic E-state index is 12.1. The number of piperidine rings is 1. The largest absolute Gasteiger partial charge is 0.497 e. The molecule has 1 aromatic rings. The molecule has 0 saturated carbocycles. The first-order valence-electron chi connectivity index (χ1n) is 7.32. The SMILES string of the molecule is COc1ccc(NC(=O)CN2CCC(N)C(C)(C)C2)cc1.Cl. The Labute approximate surface area is 138 Å². The summed E-state index contributed by atoms with van der Waals surface area (Å²) in [5.41, 5.74) is 6.96. The molecular formula is C16H26ClN3O2. The molecule has 0 radical (unpaired) electrons. The van der Waals surface area contributed by atoms with Crippen molar-refractivity contribution >= 4 is 24.0 Å². The monoisotopic (exact) mass is 327 g/mol. The number of hydrogen-bond acceptors (Lipinski definition) is 4. The van der Waals surface area contributed by atoms with E-state index in [1.165, 1.54) is 0 Å². The van der Waals surface area contributed by atoms with Gasteiger partial charge in [0.05, 0.1) is 13.7 Å². The van der Waals surface area contributed by atoms with E-state index in [1.807, 2.05) is 24.3 Å². The van der Waals surface area contributed by atoms with E-state index in [1.54, 1.807) is 7.11 Å². The van der Waals surface area contributed by atoms with Gasteiger partial charge >= 0.3 is 0 Å². The molecule has 1 aliphatic heterocycles. The van der Waals surface area contributed by atoms with Gasteiger partial charge < -0.3 is 15.8 Å². The molecule has 3 N–H and O–H groups in total. The molecule has 0 spiro atoms. The quantitative estimate of drug-likeness (QED) is 0.889. The Balaban J connectivity index is 0.00000242. The van der Waals surface area contributed by atoms with Gasteiger partial charge in [-0.25, -0.2) is 0 Å². The fraction of sp³-hybridized carbons (Fsp3) is 0.562. The summed E-state index contributed by atoms with van der Waals surface area (Å²) >= 11 is 0. The van der Waals surface area contributed by atoms with E-state index >= 15 is 0 Å². The van der Waals surface area contributed by atoms with Crippen LogP contribution in [-0.4, -0.2) is 43.6 Å². The zero-order valence-corrected chi connectivity index (χ0v) is 14.3. The first kappa shape index (κ1) is 18.7. The van der Waals surface area contributed by atoms with E-state index in [0.717, 1.165) is 30.9 Å². The van der Waals surface area contributed by atoms with Crippen molar-refractivity contribution in [2.24, 2.45) is 11.1 Å². The number of carbonyl (C=O) groups excluding carboxylic acids is 1. The minimum Gasteiger partial charge on any atom is -0.497 e. The molecule has 1 fully saturated rings. The third-order valence-electron chi connectivity index (χ3n) is 4.13. The lowest BCUT2D eigenvalue weighted by Crippen LogP contribution is -2.53. The van der Waals surface area contributed by atoms with E-state index in [0.29, 0.717) is 6.54 Å². The number of ether oxygens (including phenoxy) is 1. The van der Waals surface area contributed by atoms with Gasteiger partial charge in [-0.1, -0.05) is 13.8 Å². The Hall–Kier alpha value is -1.30. The molecule has 5 nitrogen and oxygen atoms in total. The number of methoxy groups -OCH3 is 1. The number of rotatable bonds is 4. The van der Waals surface area contributed by atoms with Crippen molar-refractivity contribution in [2.45, 2.75) is 26.3 Å². The Kier molecular flexibility index (Phi) is 6.66. The number of anilines is 1. The molecule has 1 unspecified atom stereocenters. The van der Waals surface area contributed by atoms with Crippen LogP contribution in [0.15, 0.2) is 24.3 Å². The first-order valence-corrected chi connectivity index (χ1v) is 7.32. The van der Waals surface area contributed by atoms with E-state index in [2.05, 4.69) is 24.1 Å². The molecule has 1 heterocycles. The lowest BCUT2D eigenvalue weighted by atomic mass is 9.80. The summed E-state index contributed by atoms with van der Waals surface area (Å²) in [5.74, 6) is 0.784. The van der Waals surface area contributed by atoms with Gasteiger partial charge in [0.1, 0.15) is 5.75 Å². The average molecular weight is 328 g/mol. The van der Waals surface area contributed by atoms with Crippen molar-refractivity contribution in [3.05, 3.63) is 24.3 Å². The van der Waals surface area contributed by atoms with Crippen LogP contribution in [0.5, 0.6) is 5.75 Å². The topological polar surface area (TPSA) is 67.6 Å². The number of nitrogens with one attached hydrogen (secondary N) is 1. The number of halogens is 1. The number of nitrogens with two attached hydrogens (primary N) is 1. The number of carbonyl (C=O) groups is 1. The molecule has 2 rings (SSSR count). The summed E-state index contributed by atoms with van der Waals surface area (Å²) in [4.78, 5) is 14.3. The molecule has 0 bridgehead atoms. The van der Waals surface area contributed by atoms with Crippen LogP contribution in [0.1, 0.15) is 20.3 Å². The summed E-state index contributed by atoms with van der Waals surface area (Å²) in [6.45, 7) is 6.45. The van der Waals surface area contributed by atoms with Gasteiger partial charge in [0.25, 0.3) is 0 Å². The molecule has 0 aliphatic carbocycles. The zero-order chi connectivity index (χ0) is 15.5. The molecule has 6 heteroatoms. The number of amides is 1. The summed E-state index contributed by atoms with van der Waals surface area (Å²) < 4.78 is 5.10.